The fraction of sp³-hybridized carbons (Fsp3) is 0.125. The molecule has 20 nitrogen and oxygen atoms in total. The Morgan fingerprint density at radius 2 is 0.352 bits per heavy atom. The van der Waals surface area contributed by atoms with Gasteiger partial charge in [0.05, 0.1) is 12.1 Å². The van der Waals surface area contributed by atoms with Crippen LogP contribution in [0.3, 0.4) is 0 Å². The van der Waals surface area contributed by atoms with E-state index in [2.05, 4.69) is 151 Å². The first-order valence-electron chi connectivity index (χ1n) is 23.8. The summed E-state index contributed by atoms with van der Waals surface area (Å²) in [6.07, 6.45) is 20.4. The summed E-state index contributed by atoms with van der Waals surface area (Å²) in [6.45, 7) is 15.0. The fourth-order valence-electron chi connectivity index (χ4n) is 6.81. The number of pyridine rings is 6. The first-order valence-corrected chi connectivity index (χ1v) is 23.8. The molecule has 0 saturated carbocycles. The van der Waals surface area contributed by atoms with Crippen molar-refractivity contribution < 1.29 is 188 Å². The van der Waals surface area contributed by atoms with Gasteiger partial charge in [0.15, 0.2) is 0 Å². The number of nitriles is 2. The minimum Gasteiger partial charge on any atom is -2.00 e. The topological polar surface area (TPSA) is 467 Å². The molecule has 0 amide bonds. The van der Waals surface area contributed by atoms with E-state index in [0.29, 0.717) is 0 Å². The number of benzene rings is 4. The molecule has 0 atom stereocenters. The molecular weight excluding hydrogens is 2200 g/mol. The third-order valence-electron chi connectivity index (χ3n) is 10.1. The van der Waals surface area contributed by atoms with E-state index in [1.807, 2.05) is 152 Å². The van der Waals surface area contributed by atoms with Gasteiger partial charge >= 0.3 is 0 Å². The summed E-state index contributed by atoms with van der Waals surface area (Å²) in [5.41, 5.74) is 12.6. The van der Waals surface area contributed by atoms with E-state index in [4.69, 9.17) is 10.5 Å². The normalized spacial score (nSPS) is 7.27. The minimum atomic E-state index is -1.22. The molecule has 10 rings (SSSR count). The average Bonchev–Trinajstić information content (AvgIpc) is 3.43. The van der Waals surface area contributed by atoms with Gasteiger partial charge in [0, 0.05) is 211 Å². The predicted molar refractivity (Wildman–Crippen MR) is 315 cm³/mol. The summed E-state index contributed by atoms with van der Waals surface area (Å²) < 4.78 is 0. The van der Waals surface area contributed by atoms with Crippen molar-refractivity contribution in [1.82, 2.24) is 29.9 Å². The molecule has 0 saturated heterocycles. The first-order chi connectivity index (χ1) is 35.6. The van der Waals surface area contributed by atoms with Crippen molar-refractivity contribution in [3.05, 3.63) is 302 Å². The Hall–Kier alpha value is -5.68. The maximum atomic E-state index is 7.32. The average molecular weight is 2270 g/mol. The van der Waals surface area contributed by atoms with Crippen molar-refractivity contribution in [2.45, 2.75) is 55.4 Å². The molecule has 10 aromatic rings. The zero-order chi connectivity index (χ0) is 53.0. The van der Waals surface area contributed by atoms with Crippen molar-refractivity contribution in [2.75, 3.05) is 0 Å². The maximum Gasteiger partial charge on any atom is 0.108 e. The quantitative estimate of drug-likeness (QED) is 0.152. The first kappa shape index (κ1) is 130. The van der Waals surface area contributed by atoms with Gasteiger partial charge in [0.25, 0.3) is 0 Å². The second-order valence-corrected chi connectivity index (χ2v) is 16.1. The molecule has 0 N–H and O–H groups in total. The second kappa shape index (κ2) is 86.4. The third-order valence-corrected chi connectivity index (χ3v) is 10.1. The van der Waals surface area contributed by atoms with E-state index in [1.165, 1.54) is 69.1 Å². The molecule has 6 aromatic heterocycles. The zero-order valence-electron chi connectivity index (χ0n) is 50.7. The number of nitrogens with zero attached hydrogens (tertiary/aromatic N) is 8. The summed E-state index contributed by atoms with van der Waals surface area (Å²) in [6, 6.07) is 70.7. The summed E-state index contributed by atoms with van der Waals surface area (Å²) in [5, 5.41) is 14.6. The van der Waals surface area contributed by atoms with Crippen LogP contribution < -0.4 is 21.9 Å². The van der Waals surface area contributed by atoms with Crippen LogP contribution in [0.25, 0.3) is 0 Å². The van der Waals surface area contributed by atoms with E-state index in [1.54, 1.807) is 49.3 Å². The Morgan fingerprint density at radius 1 is 0.231 bits per heavy atom. The molecule has 6 radical (unpaired) electrons. The van der Waals surface area contributed by atoms with Gasteiger partial charge in [-0.25, -0.2) is 0 Å². The smallest absolute Gasteiger partial charge is 0.108 e. The molecular formula is C64H68BN8O12Re6-25. The summed E-state index contributed by atoms with van der Waals surface area (Å²) in [7, 11) is 0. The van der Waals surface area contributed by atoms with Gasteiger partial charge < -0.3 is 65.7 Å². The molecule has 27 heteroatoms. The molecule has 0 aliphatic rings. The Balaban J connectivity index is -0.0000000478. The minimum absolute atomic E-state index is 0. The maximum absolute atomic E-state index is 7.32. The Kier molecular flexibility index (Phi) is 123. The van der Waals surface area contributed by atoms with Crippen LogP contribution in [0.15, 0.2) is 268 Å². The molecule has 506 valence electrons. The molecule has 0 bridgehead atoms. The Morgan fingerprint density at radius 3 is 0.429 bits per heavy atom. The fourth-order valence-corrected chi connectivity index (χ4v) is 6.81. The van der Waals surface area contributed by atoms with Gasteiger partial charge in [-0.1, -0.05) is 158 Å². The van der Waals surface area contributed by atoms with Crippen LogP contribution >= 0.6 is 0 Å². The van der Waals surface area contributed by atoms with E-state index < -0.39 is 6.15 Å². The van der Waals surface area contributed by atoms with Gasteiger partial charge in [-0.05, 0) is 111 Å². The van der Waals surface area contributed by atoms with Crippen LogP contribution in [-0.2, 0) is 188 Å². The van der Waals surface area contributed by atoms with Crippen molar-refractivity contribution in [3.8, 4) is 12.1 Å². The van der Waals surface area contributed by atoms with Gasteiger partial charge in [0.2, 0.25) is 0 Å². The second-order valence-electron chi connectivity index (χ2n) is 16.1. The summed E-state index contributed by atoms with van der Waals surface area (Å²) in [5.74, 6) is 0. The van der Waals surface area contributed by atoms with Gasteiger partial charge in [-0.3, -0.25) is 29.9 Å². The molecule has 0 aliphatic carbocycles. The van der Waals surface area contributed by atoms with Crippen LogP contribution in [0.4, 0.5) is 0 Å². The summed E-state index contributed by atoms with van der Waals surface area (Å²) >= 11 is 0. The van der Waals surface area contributed by atoms with Crippen molar-refractivity contribution in [1.29, 1.82) is 10.5 Å². The standard InChI is InChI=1S/C24H20B.6C6H7N.2C2H3N.12O.6Re/c1-5-13-21(14-6-1)25(22-15-7-2-8-16-22,23-17-9-3-10-18-23)24-19-11-4-12-20-24;6*1-6-3-2-4-7-5-6;2*1-2-3;;;;;;;;;;;;;;;;;;/h1-20H;6*2-5H,1H3;2*1H3;;;;;;;;;;;;;;;;;;/q-1;;;;;;;;;12*-2;;;;;;. The van der Waals surface area contributed by atoms with Crippen molar-refractivity contribution >= 4 is 28.0 Å². The molecule has 0 unspecified atom stereocenters. The van der Waals surface area contributed by atoms with Crippen LogP contribution in [0.2, 0.25) is 0 Å². The largest absolute Gasteiger partial charge is 2.00 e. The molecule has 6 heterocycles. The zero-order valence-corrected chi connectivity index (χ0v) is 67.0. The molecule has 91 heavy (non-hydrogen) atoms. The van der Waals surface area contributed by atoms with Crippen molar-refractivity contribution in [3.63, 3.8) is 0 Å². The van der Waals surface area contributed by atoms with Crippen LogP contribution in [-0.4, -0.2) is 36.0 Å². The van der Waals surface area contributed by atoms with Crippen LogP contribution in [0, 0.1) is 64.2 Å². The van der Waals surface area contributed by atoms with Crippen LogP contribution in [0.1, 0.15) is 47.2 Å². The molecule has 4 aromatic carbocycles. The van der Waals surface area contributed by atoms with E-state index in [-0.39, 0.29) is 188 Å². The predicted octanol–water partition coefficient (Wildman–Crippen LogP) is 11.0. The number of hydrogen-bond donors (Lipinski definition) is 0. The van der Waals surface area contributed by atoms with E-state index in [0.717, 1.165) is 0 Å². The van der Waals surface area contributed by atoms with Crippen molar-refractivity contribution in [2.24, 2.45) is 0 Å². The molecule has 0 fully saturated rings. The Labute approximate surface area is 620 Å². The van der Waals surface area contributed by atoms with Crippen LogP contribution in [0.5, 0.6) is 0 Å². The van der Waals surface area contributed by atoms with Gasteiger partial charge in [-0.15, -0.1) is 0 Å². The monoisotopic (exact) mass is 2270 g/mol. The molecule has 0 aliphatic heterocycles. The summed E-state index contributed by atoms with van der Waals surface area (Å²) in [4.78, 5) is 23.3. The third kappa shape index (κ3) is 59.1. The SMILES string of the molecule is CC#N.CC#N.Cc1cccnc1.Cc1cccnc1.Cc1cccnc1.Cc1cccnc1.Cc1cccnc1.Cc1cccnc1.[O-2].[O-2].[O-2].[O-2].[O-2].[O-2].[O-2].[O-2].[O-2].[O-2].[O-2].[O-2].[Re].[Re].[Re].[Re].[Re].[Re].c1ccc([B-](c2ccccc2)(c2ccccc2)c2ccccc2)cc1. The Bertz CT molecular complexity index is 2510. The van der Waals surface area contributed by atoms with Gasteiger partial charge in [0.1, 0.15) is 6.15 Å². The van der Waals surface area contributed by atoms with E-state index >= 15 is 0 Å². The van der Waals surface area contributed by atoms with Gasteiger partial charge in [-0.2, -0.15) is 32.4 Å². The number of aromatic nitrogens is 6. The number of hydrogen-bond acceptors (Lipinski definition) is 8. The van der Waals surface area contributed by atoms with E-state index in [9.17, 15) is 0 Å². The molecule has 0 spiro atoms. The number of rotatable bonds is 4. The number of aryl methyl sites for hydroxylation is 6.